The molecule has 10 heteroatoms. The average Bonchev–Trinajstić information content (AvgIpc) is 2.92. The van der Waals surface area contributed by atoms with E-state index < -0.39 is 21.0 Å². The number of anilines is 1. The Kier molecular flexibility index (Phi) is 4.43. The molecule has 0 unspecified atom stereocenters. The van der Waals surface area contributed by atoms with Crippen LogP contribution in [0.25, 0.3) is 0 Å². The van der Waals surface area contributed by atoms with Crippen LogP contribution in [0.3, 0.4) is 0 Å². The summed E-state index contributed by atoms with van der Waals surface area (Å²) in [5.41, 5.74) is -0.104. The summed E-state index contributed by atoms with van der Waals surface area (Å²) in [7, 11) is -4.08. The van der Waals surface area contributed by atoms with Crippen molar-refractivity contribution < 1.29 is 17.9 Å². The molecule has 0 saturated carbocycles. The molecule has 0 amide bonds. The fraction of sp³-hybridized carbons (Fsp3) is 0.182. The summed E-state index contributed by atoms with van der Waals surface area (Å²) in [5, 5.41) is 5.59. The topological polar surface area (TPSA) is 114 Å². The van der Waals surface area contributed by atoms with E-state index in [0.717, 1.165) is 6.20 Å². The summed E-state index contributed by atoms with van der Waals surface area (Å²) in [6, 6.07) is 1.43. The lowest BCUT2D eigenvalue weighted by molar-refractivity contribution is 0.0522. The number of H-pyrrole nitrogens is 1. The third-order valence-electron chi connectivity index (χ3n) is 2.38. The van der Waals surface area contributed by atoms with Gasteiger partial charge < -0.3 is 4.74 Å². The van der Waals surface area contributed by atoms with Crippen LogP contribution < -0.4 is 4.72 Å². The molecule has 2 heterocycles. The van der Waals surface area contributed by atoms with Crippen LogP contribution in [-0.4, -0.2) is 36.2 Å². The van der Waals surface area contributed by atoms with Gasteiger partial charge in [-0.25, -0.2) is 4.79 Å². The van der Waals surface area contributed by atoms with Crippen molar-refractivity contribution in [2.45, 2.75) is 11.9 Å². The molecular weight excluding hydrogens is 320 g/mol. The second-order valence-corrected chi connectivity index (χ2v) is 5.82. The van der Waals surface area contributed by atoms with Gasteiger partial charge in [-0.2, -0.15) is 13.5 Å². The summed E-state index contributed by atoms with van der Waals surface area (Å²) in [6.45, 7) is 1.73. The molecule has 8 nitrogen and oxygen atoms in total. The van der Waals surface area contributed by atoms with Gasteiger partial charge in [0.15, 0.2) is 5.03 Å². The van der Waals surface area contributed by atoms with E-state index in [9.17, 15) is 13.2 Å². The number of nitrogens with zero attached hydrogens (tertiary/aromatic N) is 2. The number of sulfonamides is 1. The molecule has 2 aromatic rings. The third kappa shape index (κ3) is 3.31. The van der Waals surface area contributed by atoms with Crippen LogP contribution in [0.4, 0.5) is 5.69 Å². The molecule has 0 aliphatic carbocycles. The molecule has 2 rings (SSSR count). The zero-order valence-electron chi connectivity index (χ0n) is 10.8. The van der Waals surface area contributed by atoms with Gasteiger partial charge in [0, 0.05) is 6.20 Å². The highest BCUT2D eigenvalue weighted by molar-refractivity contribution is 7.92. The Morgan fingerprint density at radius 1 is 1.48 bits per heavy atom. The van der Waals surface area contributed by atoms with Crippen molar-refractivity contribution >= 4 is 33.3 Å². The molecule has 21 heavy (non-hydrogen) atoms. The molecular formula is C11H11ClN4O4S. The maximum atomic E-state index is 12.3. The standard InChI is InChI=1S/C11H11ClN4O4S/c1-2-20-11(17)7-5-14-15-10(7)21(18,19)16-9-6-13-4-3-8(9)12/h3-6,16H,2H2,1H3,(H,14,15). The Hall–Kier alpha value is -2.13. The average molecular weight is 331 g/mol. The lowest BCUT2D eigenvalue weighted by Gasteiger charge is -2.08. The van der Waals surface area contributed by atoms with Gasteiger partial charge in [-0.3, -0.25) is 14.8 Å². The molecule has 0 bridgehead atoms. The van der Waals surface area contributed by atoms with Gasteiger partial charge in [0.25, 0.3) is 10.0 Å². The highest BCUT2D eigenvalue weighted by atomic mass is 35.5. The van der Waals surface area contributed by atoms with Crippen LogP contribution in [0, 0.1) is 0 Å². The highest BCUT2D eigenvalue weighted by Gasteiger charge is 2.26. The monoisotopic (exact) mass is 330 g/mol. The van der Waals surface area contributed by atoms with E-state index in [-0.39, 0.29) is 22.9 Å². The van der Waals surface area contributed by atoms with Crippen molar-refractivity contribution in [3.63, 3.8) is 0 Å². The largest absolute Gasteiger partial charge is 0.462 e. The van der Waals surface area contributed by atoms with Gasteiger partial charge in [0.05, 0.1) is 29.7 Å². The first-order valence-electron chi connectivity index (χ1n) is 5.78. The quantitative estimate of drug-likeness (QED) is 0.802. The second-order valence-electron chi connectivity index (χ2n) is 3.79. The molecule has 0 aliphatic heterocycles. The molecule has 0 aromatic carbocycles. The number of halogens is 1. The molecule has 0 spiro atoms. The number of rotatable bonds is 5. The Bertz CT molecular complexity index is 759. The summed E-state index contributed by atoms with van der Waals surface area (Å²) in [6.07, 6.45) is 3.75. The van der Waals surface area contributed by atoms with Crippen LogP contribution in [-0.2, 0) is 14.8 Å². The summed E-state index contributed by atoms with van der Waals surface area (Å²) >= 11 is 5.86. The first kappa shape index (κ1) is 15.3. The number of nitrogens with one attached hydrogen (secondary N) is 2. The van der Waals surface area contributed by atoms with Crippen molar-refractivity contribution in [1.29, 1.82) is 0 Å². The van der Waals surface area contributed by atoms with E-state index in [4.69, 9.17) is 16.3 Å². The van der Waals surface area contributed by atoms with Crippen molar-refractivity contribution in [1.82, 2.24) is 15.2 Å². The number of ether oxygens (including phenoxy) is 1. The third-order valence-corrected chi connectivity index (χ3v) is 4.05. The summed E-state index contributed by atoms with van der Waals surface area (Å²) < 4.78 is 31.5. The lowest BCUT2D eigenvalue weighted by Crippen LogP contribution is -2.18. The fourth-order valence-electron chi connectivity index (χ4n) is 1.48. The maximum Gasteiger partial charge on any atom is 0.342 e. The van der Waals surface area contributed by atoms with Crippen molar-refractivity contribution in [3.8, 4) is 0 Å². The smallest absolute Gasteiger partial charge is 0.342 e. The van der Waals surface area contributed by atoms with E-state index in [1.165, 1.54) is 18.5 Å². The number of aromatic amines is 1. The van der Waals surface area contributed by atoms with Crippen molar-refractivity contribution in [3.05, 3.63) is 35.2 Å². The molecule has 0 aliphatic rings. The summed E-state index contributed by atoms with van der Waals surface area (Å²) in [5.74, 6) is -0.788. The van der Waals surface area contributed by atoms with E-state index in [1.807, 2.05) is 0 Å². The van der Waals surface area contributed by atoms with Crippen molar-refractivity contribution in [2.24, 2.45) is 0 Å². The van der Waals surface area contributed by atoms with Gasteiger partial charge in [-0.05, 0) is 13.0 Å². The van der Waals surface area contributed by atoms with Gasteiger partial charge >= 0.3 is 5.97 Å². The van der Waals surface area contributed by atoms with Crippen LogP contribution in [0.2, 0.25) is 5.02 Å². The van der Waals surface area contributed by atoms with Gasteiger partial charge in [-0.15, -0.1) is 0 Å². The Morgan fingerprint density at radius 2 is 2.24 bits per heavy atom. The maximum absolute atomic E-state index is 12.3. The Morgan fingerprint density at radius 3 is 2.90 bits per heavy atom. The van der Waals surface area contributed by atoms with E-state index in [2.05, 4.69) is 19.9 Å². The van der Waals surface area contributed by atoms with Gasteiger partial charge in [0.1, 0.15) is 5.56 Å². The number of pyridine rings is 1. The predicted octanol–water partition coefficient (Wildman–Crippen LogP) is 1.44. The van der Waals surface area contributed by atoms with E-state index >= 15 is 0 Å². The minimum absolute atomic E-state index is 0.0866. The normalized spacial score (nSPS) is 11.1. The Labute approximate surface area is 125 Å². The molecule has 2 aromatic heterocycles. The number of hydrogen-bond donors (Lipinski definition) is 2. The second kappa shape index (κ2) is 6.10. The molecule has 112 valence electrons. The first-order valence-corrected chi connectivity index (χ1v) is 7.64. The minimum atomic E-state index is -4.08. The van der Waals surface area contributed by atoms with Crippen LogP contribution in [0.5, 0.6) is 0 Å². The predicted molar refractivity (Wildman–Crippen MR) is 74.6 cm³/mol. The SMILES string of the molecule is CCOC(=O)c1cn[nH]c1S(=O)(=O)Nc1cnccc1Cl. The molecule has 0 atom stereocenters. The number of hydrogen-bond acceptors (Lipinski definition) is 6. The molecule has 2 N–H and O–H groups in total. The molecule has 0 saturated heterocycles. The molecule has 0 radical (unpaired) electrons. The van der Waals surface area contributed by atoms with E-state index in [0.29, 0.717) is 0 Å². The number of esters is 1. The lowest BCUT2D eigenvalue weighted by atomic mass is 10.4. The first-order chi connectivity index (χ1) is 9.95. The van der Waals surface area contributed by atoms with Crippen LogP contribution >= 0.6 is 11.6 Å². The van der Waals surface area contributed by atoms with E-state index in [1.54, 1.807) is 6.92 Å². The van der Waals surface area contributed by atoms with Crippen LogP contribution in [0.15, 0.2) is 29.7 Å². The summed E-state index contributed by atoms with van der Waals surface area (Å²) in [4.78, 5) is 15.4. The number of aromatic nitrogens is 3. The van der Waals surface area contributed by atoms with Gasteiger partial charge in [-0.1, -0.05) is 11.6 Å². The number of carbonyl (C=O) groups is 1. The Balaban J connectivity index is 2.35. The minimum Gasteiger partial charge on any atom is -0.462 e. The fourth-order valence-corrected chi connectivity index (χ4v) is 2.84. The molecule has 0 fully saturated rings. The van der Waals surface area contributed by atoms with Gasteiger partial charge in [0.2, 0.25) is 0 Å². The zero-order valence-corrected chi connectivity index (χ0v) is 12.4. The van der Waals surface area contributed by atoms with Crippen molar-refractivity contribution in [2.75, 3.05) is 11.3 Å². The highest BCUT2D eigenvalue weighted by Crippen LogP contribution is 2.23. The number of carbonyl (C=O) groups excluding carboxylic acids is 1. The zero-order chi connectivity index (χ0) is 15.5. The van der Waals surface area contributed by atoms with Crippen LogP contribution in [0.1, 0.15) is 17.3 Å².